The van der Waals surface area contributed by atoms with Crippen LogP contribution in [0, 0.1) is 0 Å². The van der Waals surface area contributed by atoms with Gasteiger partial charge in [-0.25, -0.2) is 0 Å². The van der Waals surface area contributed by atoms with Crippen molar-refractivity contribution in [2.45, 2.75) is 51.8 Å². The van der Waals surface area contributed by atoms with E-state index < -0.39 is 11.7 Å². The number of hydrogen-bond donors (Lipinski definition) is 1. The number of halogens is 3. The van der Waals surface area contributed by atoms with Crippen molar-refractivity contribution < 1.29 is 17.9 Å². The number of benzene rings is 2. The molecular formula is C21H26F3NO. The lowest BCUT2D eigenvalue weighted by Gasteiger charge is -2.22. The Bertz CT molecular complexity index is 700. The van der Waals surface area contributed by atoms with E-state index in [0.717, 1.165) is 36.3 Å². The Kier molecular flexibility index (Phi) is 6.95. The maximum absolute atomic E-state index is 12.8. The molecule has 0 aliphatic rings. The van der Waals surface area contributed by atoms with E-state index in [9.17, 15) is 13.2 Å². The van der Waals surface area contributed by atoms with Gasteiger partial charge in [-0.1, -0.05) is 45.0 Å². The number of para-hydroxylation sites is 1. The van der Waals surface area contributed by atoms with Gasteiger partial charge in [0.25, 0.3) is 0 Å². The molecule has 0 unspecified atom stereocenters. The molecule has 0 fully saturated rings. The summed E-state index contributed by atoms with van der Waals surface area (Å²) < 4.78 is 44.6. The Morgan fingerprint density at radius 1 is 1.00 bits per heavy atom. The van der Waals surface area contributed by atoms with Gasteiger partial charge in [-0.05, 0) is 48.6 Å². The molecule has 0 bridgehead atoms. The predicted molar refractivity (Wildman–Crippen MR) is 99.8 cm³/mol. The summed E-state index contributed by atoms with van der Waals surface area (Å²) in [5.41, 5.74) is 0.947. The zero-order chi connectivity index (χ0) is 19.2. The number of anilines is 1. The van der Waals surface area contributed by atoms with Crippen LogP contribution in [0.4, 0.5) is 18.9 Å². The first-order chi connectivity index (χ1) is 12.3. The minimum atomic E-state index is -4.34. The minimum Gasteiger partial charge on any atom is -0.488 e. The van der Waals surface area contributed by atoms with Crippen molar-refractivity contribution in [2.24, 2.45) is 0 Å². The number of ether oxygens (including phenoxy) is 1. The first-order valence-electron chi connectivity index (χ1n) is 9.01. The molecule has 26 heavy (non-hydrogen) atoms. The van der Waals surface area contributed by atoms with Crippen LogP contribution >= 0.6 is 0 Å². The molecule has 2 rings (SSSR count). The van der Waals surface area contributed by atoms with Crippen LogP contribution in [-0.2, 0) is 6.18 Å². The van der Waals surface area contributed by atoms with Gasteiger partial charge in [0.2, 0.25) is 0 Å². The van der Waals surface area contributed by atoms with Crippen molar-refractivity contribution in [1.29, 1.82) is 0 Å². The lowest BCUT2D eigenvalue weighted by molar-refractivity contribution is -0.137. The predicted octanol–water partition coefficient (Wildman–Crippen LogP) is 6.49. The molecule has 2 nitrogen and oxygen atoms in total. The summed E-state index contributed by atoms with van der Waals surface area (Å²) in [6, 6.07) is 13.2. The molecule has 2 aromatic rings. The summed E-state index contributed by atoms with van der Waals surface area (Å²) in [5.74, 6) is 1.24. The van der Waals surface area contributed by atoms with E-state index in [1.165, 1.54) is 6.07 Å². The molecule has 0 saturated heterocycles. The van der Waals surface area contributed by atoms with Crippen molar-refractivity contribution in [2.75, 3.05) is 11.9 Å². The number of hydrogen-bond acceptors (Lipinski definition) is 2. The Morgan fingerprint density at radius 3 is 2.38 bits per heavy atom. The molecule has 142 valence electrons. The van der Waals surface area contributed by atoms with E-state index >= 15 is 0 Å². The van der Waals surface area contributed by atoms with Crippen LogP contribution in [0.5, 0.6) is 5.75 Å². The number of rotatable bonds is 8. The van der Waals surface area contributed by atoms with Gasteiger partial charge in [0.1, 0.15) is 11.9 Å². The lowest BCUT2D eigenvalue weighted by atomic mass is 9.98. The van der Waals surface area contributed by atoms with E-state index in [2.05, 4.69) is 25.2 Å². The normalized spacial score (nSPS) is 13.9. The fourth-order valence-corrected chi connectivity index (χ4v) is 2.70. The zero-order valence-electron chi connectivity index (χ0n) is 15.4. The Balaban J connectivity index is 2.05. The molecule has 0 saturated carbocycles. The fourth-order valence-electron chi connectivity index (χ4n) is 2.70. The average molecular weight is 365 g/mol. The highest BCUT2D eigenvalue weighted by Crippen LogP contribution is 2.31. The molecule has 0 aromatic heterocycles. The third kappa shape index (κ3) is 5.41. The quantitative estimate of drug-likeness (QED) is 0.577. The van der Waals surface area contributed by atoms with E-state index in [1.54, 1.807) is 6.07 Å². The van der Waals surface area contributed by atoms with E-state index in [0.29, 0.717) is 18.2 Å². The van der Waals surface area contributed by atoms with Gasteiger partial charge in [-0.2, -0.15) is 13.2 Å². The fraction of sp³-hybridized carbons (Fsp3) is 0.429. The Morgan fingerprint density at radius 2 is 1.73 bits per heavy atom. The van der Waals surface area contributed by atoms with Gasteiger partial charge in [-0.3, -0.25) is 0 Å². The highest BCUT2D eigenvalue weighted by molar-refractivity contribution is 5.46. The largest absolute Gasteiger partial charge is 0.488 e. The van der Waals surface area contributed by atoms with Crippen molar-refractivity contribution in [3.05, 3.63) is 59.7 Å². The SMILES string of the molecule is CC[C@H](CNc1cccc(C(F)(F)F)c1)Oc1ccccc1[C@@H](C)CC. The van der Waals surface area contributed by atoms with Gasteiger partial charge in [0.05, 0.1) is 12.1 Å². The average Bonchev–Trinajstić information content (AvgIpc) is 2.64. The Labute approximate surface area is 153 Å². The topological polar surface area (TPSA) is 21.3 Å². The van der Waals surface area contributed by atoms with E-state index in [-0.39, 0.29) is 6.10 Å². The third-order valence-electron chi connectivity index (χ3n) is 4.54. The summed E-state index contributed by atoms with van der Waals surface area (Å²) in [6.45, 7) is 6.73. The number of alkyl halides is 3. The van der Waals surface area contributed by atoms with Crippen LogP contribution in [0.15, 0.2) is 48.5 Å². The van der Waals surface area contributed by atoms with Crippen LogP contribution in [-0.4, -0.2) is 12.6 Å². The second-order valence-electron chi connectivity index (χ2n) is 6.45. The molecular weight excluding hydrogens is 339 g/mol. The highest BCUT2D eigenvalue weighted by Gasteiger charge is 2.30. The van der Waals surface area contributed by atoms with Gasteiger partial charge in [0, 0.05) is 5.69 Å². The first-order valence-corrected chi connectivity index (χ1v) is 9.01. The summed E-state index contributed by atoms with van der Waals surface area (Å²) in [6.07, 6.45) is -2.71. The van der Waals surface area contributed by atoms with Gasteiger partial charge >= 0.3 is 6.18 Å². The summed E-state index contributed by atoms with van der Waals surface area (Å²) in [5, 5.41) is 3.07. The first kappa shape index (κ1) is 20.1. The molecule has 0 radical (unpaired) electrons. The lowest BCUT2D eigenvalue weighted by Crippen LogP contribution is -2.26. The zero-order valence-corrected chi connectivity index (χ0v) is 15.4. The molecule has 0 aliphatic heterocycles. The van der Waals surface area contributed by atoms with Gasteiger partial charge < -0.3 is 10.1 Å². The molecule has 1 N–H and O–H groups in total. The van der Waals surface area contributed by atoms with Crippen molar-refractivity contribution in [3.8, 4) is 5.75 Å². The minimum absolute atomic E-state index is 0.130. The van der Waals surface area contributed by atoms with Crippen LogP contribution in [0.25, 0.3) is 0 Å². The molecule has 0 aliphatic carbocycles. The second-order valence-corrected chi connectivity index (χ2v) is 6.45. The van der Waals surface area contributed by atoms with Crippen molar-refractivity contribution in [1.82, 2.24) is 0 Å². The Hall–Kier alpha value is -2.17. The molecule has 0 amide bonds. The van der Waals surface area contributed by atoms with Crippen LogP contribution in [0.1, 0.15) is 50.7 Å². The molecule has 0 spiro atoms. The molecule has 2 aromatic carbocycles. The van der Waals surface area contributed by atoms with E-state index in [4.69, 9.17) is 4.74 Å². The van der Waals surface area contributed by atoms with Crippen LogP contribution in [0.3, 0.4) is 0 Å². The molecule has 5 heteroatoms. The van der Waals surface area contributed by atoms with Gasteiger partial charge in [0.15, 0.2) is 0 Å². The van der Waals surface area contributed by atoms with E-state index in [1.807, 2.05) is 25.1 Å². The molecule has 2 atom stereocenters. The van der Waals surface area contributed by atoms with Crippen LogP contribution in [0.2, 0.25) is 0 Å². The standard InChI is InChI=1S/C21H26F3NO/c1-4-15(3)19-11-6-7-12-20(19)26-18(5-2)14-25-17-10-8-9-16(13-17)21(22,23)24/h6-13,15,18,25H,4-5,14H2,1-3H3/t15-,18+/m0/s1. The number of nitrogens with one attached hydrogen (secondary N) is 1. The smallest absolute Gasteiger partial charge is 0.416 e. The summed E-state index contributed by atoms with van der Waals surface area (Å²) >= 11 is 0. The highest BCUT2D eigenvalue weighted by atomic mass is 19.4. The second kappa shape index (κ2) is 8.97. The maximum Gasteiger partial charge on any atom is 0.416 e. The van der Waals surface area contributed by atoms with Crippen molar-refractivity contribution in [3.63, 3.8) is 0 Å². The maximum atomic E-state index is 12.8. The third-order valence-corrected chi connectivity index (χ3v) is 4.54. The van der Waals surface area contributed by atoms with Crippen LogP contribution < -0.4 is 10.1 Å². The van der Waals surface area contributed by atoms with Crippen molar-refractivity contribution >= 4 is 5.69 Å². The summed E-state index contributed by atoms with van der Waals surface area (Å²) in [4.78, 5) is 0. The molecule has 0 heterocycles. The monoisotopic (exact) mass is 365 g/mol. The van der Waals surface area contributed by atoms with Gasteiger partial charge in [-0.15, -0.1) is 0 Å². The summed E-state index contributed by atoms with van der Waals surface area (Å²) in [7, 11) is 0.